The highest BCUT2D eigenvalue weighted by molar-refractivity contribution is 9.10. The fraction of sp³-hybridized carbons (Fsp3) is 0.261. The first-order valence-corrected chi connectivity index (χ1v) is 10.3. The maximum Gasteiger partial charge on any atom is 0.287 e. The number of hydrogen-bond donors (Lipinski definition) is 0. The minimum Gasteiger partial charge on any atom is -0.328 e. The first kappa shape index (κ1) is 20.9. The average molecular weight is 454 g/mol. The molecule has 0 fully saturated rings. The van der Waals surface area contributed by atoms with Gasteiger partial charge in [0.1, 0.15) is 16.1 Å². The van der Waals surface area contributed by atoms with Gasteiger partial charge in [0.05, 0.1) is 18.2 Å². The molecule has 0 saturated heterocycles. The fourth-order valence-electron chi connectivity index (χ4n) is 3.27. The zero-order valence-corrected chi connectivity index (χ0v) is 18.0. The van der Waals surface area contributed by atoms with Crippen molar-refractivity contribution in [3.05, 3.63) is 85.8 Å². The minimum absolute atomic E-state index is 0.281. The van der Waals surface area contributed by atoms with Crippen LogP contribution in [0.1, 0.15) is 42.4 Å². The maximum atomic E-state index is 15.0. The topological polar surface area (TPSA) is 58.7 Å². The summed E-state index contributed by atoms with van der Waals surface area (Å²) < 4.78 is 17.3. The lowest BCUT2D eigenvalue weighted by atomic mass is 9.99. The van der Waals surface area contributed by atoms with E-state index in [4.69, 9.17) is 0 Å². The van der Waals surface area contributed by atoms with Gasteiger partial charge in [-0.05, 0) is 52.5 Å². The van der Waals surface area contributed by atoms with Gasteiger partial charge in [-0.1, -0.05) is 43.7 Å². The quantitative estimate of drug-likeness (QED) is 0.502. The Morgan fingerprint density at radius 2 is 2.00 bits per heavy atom. The molecule has 29 heavy (non-hydrogen) atoms. The molecule has 0 unspecified atom stereocenters. The summed E-state index contributed by atoms with van der Waals surface area (Å²) in [5, 5.41) is 9.29. The van der Waals surface area contributed by atoms with Crippen LogP contribution < -0.4 is 5.56 Å². The number of aromatic nitrogens is 2. The van der Waals surface area contributed by atoms with E-state index in [9.17, 15) is 14.4 Å². The molecule has 0 aliphatic rings. The largest absolute Gasteiger partial charge is 0.328 e. The van der Waals surface area contributed by atoms with E-state index in [1.165, 1.54) is 6.07 Å². The number of unbranched alkanes of at least 4 members (excludes halogenated alkanes) is 1. The second kappa shape index (κ2) is 9.15. The molecule has 0 atom stereocenters. The number of nitrogens with zero attached hydrogens (tertiary/aromatic N) is 3. The van der Waals surface area contributed by atoms with E-state index < -0.39 is 0 Å². The molecular weight excluding hydrogens is 433 g/mol. The van der Waals surface area contributed by atoms with Crippen molar-refractivity contribution in [1.29, 1.82) is 5.26 Å². The van der Waals surface area contributed by atoms with Crippen molar-refractivity contribution >= 4 is 15.9 Å². The molecule has 148 valence electrons. The Labute approximate surface area is 177 Å². The highest BCUT2D eigenvalue weighted by Crippen LogP contribution is 2.26. The average Bonchev–Trinajstić information content (AvgIpc) is 2.73. The Balaban J connectivity index is 2.01. The number of nitriles is 1. The molecule has 2 aromatic carbocycles. The number of benzene rings is 2. The first-order valence-electron chi connectivity index (χ1n) is 9.50. The van der Waals surface area contributed by atoms with Gasteiger partial charge in [-0.2, -0.15) is 10.2 Å². The summed E-state index contributed by atoms with van der Waals surface area (Å²) in [5.74, 6) is 0.307. The van der Waals surface area contributed by atoms with Crippen molar-refractivity contribution in [3.8, 4) is 17.2 Å². The molecule has 0 bridgehead atoms. The van der Waals surface area contributed by atoms with Crippen LogP contribution in [0.5, 0.6) is 0 Å². The standard InChI is InChI=1S/C23H21BrFN3O/c1-3-4-9-21-27-23(29)22(24)15(2)28(21)14-18-11-10-16(12-20(18)25)19-8-6-5-7-17(19)13-26/h5-8,10-12H,3-4,9,14H2,1-2H3. The Morgan fingerprint density at radius 1 is 1.24 bits per heavy atom. The van der Waals surface area contributed by atoms with Crippen LogP contribution in [-0.4, -0.2) is 9.55 Å². The summed E-state index contributed by atoms with van der Waals surface area (Å²) in [4.78, 5) is 16.3. The second-order valence-corrected chi connectivity index (χ2v) is 7.68. The Morgan fingerprint density at radius 3 is 2.69 bits per heavy atom. The molecular formula is C23H21BrFN3O. The van der Waals surface area contributed by atoms with Crippen molar-refractivity contribution in [1.82, 2.24) is 9.55 Å². The summed E-state index contributed by atoms with van der Waals surface area (Å²) in [6, 6.07) is 14.3. The maximum absolute atomic E-state index is 15.0. The van der Waals surface area contributed by atoms with Gasteiger partial charge in [-0.25, -0.2) is 4.39 Å². The third-order valence-corrected chi connectivity index (χ3v) is 5.86. The summed E-state index contributed by atoms with van der Waals surface area (Å²) in [7, 11) is 0. The lowest BCUT2D eigenvalue weighted by Crippen LogP contribution is -2.22. The molecule has 0 amide bonds. The van der Waals surface area contributed by atoms with Crippen molar-refractivity contribution < 1.29 is 4.39 Å². The van der Waals surface area contributed by atoms with E-state index in [1.54, 1.807) is 18.2 Å². The van der Waals surface area contributed by atoms with Crippen LogP contribution in [0, 0.1) is 24.1 Å². The molecule has 0 saturated carbocycles. The molecule has 0 spiro atoms. The highest BCUT2D eigenvalue weighted by Gasteiger charge is 2.15. The molecule has 0 aliphatic carbocycles. The molecule has 0 aliphatic heterocycles. The van der Waals surface area contributed by atoms with E-state index >= 15 is 0 Å². The third-order valence-electron chi connectivity index (χ3n) is 4.95. The van der Waals surface area contributed by atoms with E-state index in [-0.39, 0.29) is 17.9 Å². The lowest BCUT2D eigenvalue weighted by molar-refractivity contribution is 0.577. The monoisotopic (exact) mass is 453 g/mol. The number of halogens is 2. The van der Waals surface area contributed by atoms with E-state index in [0.29, 0.717) is 39.0 Å². The van der Waals surface area contributed by atoms with Crippen molar-refractivity contribution in [2.75, 3.05) is 0 Å². The normalized spacial score (nSPS) is 10.7. The minimum atomic E-state index is -0.356. The molecule has 1 heterocycles. The van der Waals surface area contributed by atoms with Crippen LogP contribution in [0.25, 0.3) is 11.1 Å². The molecule has 1 aromatic heterocycles. The molecule has 6 heteroatoms. The van der Waals surface area contributed by atoms with E-state index in [2.05, 4.69) is 33.9 Å². The van der Waals surface area contributed by atoms with Crippen molar-refractivity contribution in [2.45, 2.75) is 39.7 Å². The smallest absolute Gasteiger partial charge is 0.287 e. The van der Waals surface area contributed by atoms with E-state index in [1.807, 2.05) is 29.7 Å². The van der Waals surface area contributed by atoms with Gasteiger partial charge in [0.15, 0.2) is 0 Å². The SMILES string of the molecule is CCCCc1nc(=O)c(Br)c(C)n1Cc1ccc(-c2ccccc2C#N)cc1F. The third kappa shape index (κ3) is 4.46. The summed E-state index contributed by atoms with van der Waals surface area (Å²) >= 11 is 3.30. The highest BCUT2D eigenvalue weighted by atomic mass is 79.9. The fourth-order valence-corrected chi connectivity index (χ4v) is 3.58. The summed E-state index contributed by atoms with van der Waals surface area (Å²) in [6.07, 6.45) is 2.54. The first-order chi connectivity index (χ1) is 14.0. The van der Waals surface area contributed by atoms with Gasteiger partial charge < -0.3 is 4.57 Å². The van der Waals surface area contributed by atoms with Gasteiger partial charge in [0, 0.05) is 17.7 Å². The lowest BCUT2D eigenvalue weighted by Gasteiger charge is -2.18. The van der Waals surface area contributed by atoms with Crippen LogP contribution in [-0.2, 0) is 13.0 Å². The van der Waals surface area contributed by atoms with Gasteiger partial charge in [-0.3, -0.25) is 4.79 Å². The van der Waals surface area contributed by atoms with Crippen molar-refractivity contribution in [2.24, 2.45) is 0 Å². The van der Waals surface area contributed by atoms with Gasteiger partial charge in [0.25, 0.3) is 5.56 Å². The van der Waals surface area contributed by atoms with Crippen molar-refractivity contribution in [3.63, 3.8) is 0 Å². The molecule has 3 aromatic rings. The Bertz CT molecular complexity index is 1150. The Kier molecular flexibility index (Phi) is 6.60. The molecule has 0 radical (unpaired) electrons. The predicted molar refractivity (Wildman–Crippen MR) is 115 cm³/mol. The van der Waals surface area contributed by atoms with Gasteiger partial charge in [0.2, 0.25) is 0 Å². The zero-order chi connectivity index (χ0) is 21.0. The molecule has 0 N–H and O–H groups in total. The van der Waals surface area contributed by atoms with Crippen LogP contribution in [0.3, 0.4) is 0 Å². The van der Waals surface area contributed by atoms with Gasteiger partial charge >= 0.3 is 0 Å². The Hall–Kier alpha value is -2.78. The zero-order valence-electron chi connectivity index (χ0n) is 16.4. The van der Waals surface area contributed by atoms with E-state index in [0.717, 1.165) is 18.5 Å². The number of rotatable bonds is 6. The van der Waals surface area contributed by atoms with Crippen LogP contribution >= 0.6 is 15.9 Å². The number of aryl methyl sites for hydroxylation is 1. The number of hydrogen-bond acceptors (Lipinski definition) is 3. The summed E-state index contributed by atoms with van der Waals surface area (Å²) in [6.45, 7) is 4.19. The van der Waals surface area contributed by atoms with Crippen LogP contribution in [0.15, 0.2) is 51.7 Å². The predicted octanol–water partition coefficient (Wildman–Crippen LogP) is 5.38. The second-order valence-electron chi connectivity index (χ2n) is 6.89. The molecule has 4 nitrogen and oxygen atoms in total. The van der Waals surface area contributed by atoms with Crippen LogP contribution in [0.4, 0.5) is 4.39 Å². The van der Waals surface area contributed by atoms with Crippen LogP contribution in [0.2, 0.25) is 0 Å². The summed E-state index contributed by atoms with van der Waals surface area (Å²) in [5.41, 5.74) is 2.80. The van der Waals surface area contributed by atoms with Gasteiger partial charge in [-0.15, -0.1) is 0 Å². The molecule has 3 rings (SSSR count).